The lowest BCUT2D eigenvalue weighted by Gasteiger charge is -2.05. The summed E-state index contributed by atoms with van der Waals surface area (Å²) >= 11 is 0. The fourth-order valence-corrected chi connectivity index (χ4v) is 3.69. The molecule has 0 aromatic rings. The fraction of sp³-hybridized carbons (Fsp3) is 1.00. The van der Waals surface area contributed by atoms with Gasteiger partial charge in [-0.05, 0) is 13.3 Å². The highest BCUT2D eigenvalue weighted by Gasteiger charge is 2.12. The second-order valence-corrected chi connectivity index (χ2v) is 8.55. The topological polar surface area (TPSA) is 96.8 Å². The first-order valence-corrected chi connectivity index (χ1v) is 12.7. The van der Waals surface area contributed by atoms with Crippen LogP contribution >= 0.6 is 0 Å². The van der Waals surface area contributed by atoms with Crippen LogP contribution in [0.1, 0.15) is 123 Å². The van der Waals surface area contributed by atoms with E-state index in [2.05, 4.69) is 20.3 Å². The molecule has 0 radical (unpaired) electrons. The Kier molecular flexibility index (Phi) is 24.7. The first-order valence-electron chi connectivity index (χ1n) is 11.3. The van der Waals surface area contributed by atoms with Gasteiger partial charge in [-0.15, -0.1) is 0 Å². The summed E-state index contributed by atoms with van der Waals surface area (Å²) in [5.74, 6) is 0. The van der Waals surface area contributed by atoms with Crippen molar-refractivity contribution in [1.82, 2.24) is 6.15 Å². The van der Waals surface area contributed by atoms with E-state index >= 15 is 0 Å². The molecule has 0 saturated carbocycles. The number of unbranched alkanes of at least 4 members (excludes halogenated alkanes) is 16. The van der Waals surface area contributed by atoms with Crippen LogP contribution in [-0.4, -0.2) is 21.6 Å². The summed E-state index contributed by atoms with van der Waals surface area (Å²) in [5.41, 5.74) is 0. The molecule has 0 spiro atoms. The van der Waals surface area contributed by atoms with E-state index in [1.54, 1.807) is 6.92 Å². The minimum atomic E-state index is -3.99. The van der Waals surface area contributed by atoms with Crippen LogP contribution in [0.15, 0.2) is 0 Å². The van der Waals surface area contributed by atoms with Gasteiger partial charge in [0, 0.05) is 0 Å². The molecule has 3 N–H and O–H groups in total. The summed E-state index contributed by atoms with van der Waals surface area (Å²) in [6.45, 7) is 4.24. The molecule has 0 aromatic carbocycles. The molecule has 0 aromatic heterocycles. The van der Waals surface area contributed by atoms with Crippen LogP contribution in [0.25, 0.3) is 0 Å². The molecule has 0 aliphatic heterocycles. The zero-order chi connectivity index (χ0) is 20.1. The smallest absolute Gasteiger partial charge is 0.344 e. The van der Waals surface area contributed by atoms with Gasteiger partial charge in [-0.25, -0.2) is 9.07 Å². The fourth-order valence-electron chi connectivity index (χ4n) is 3.11. The van der Waals surface area contributed by atoms with Crippen molar-refractivity contribution in [2.75, 3.05) is 13.2 Å². The summed E-state index contributed by atoms with van der Waals surface area (Å²) in [4.78, 5) is 4.37. The minimum Gasteiger partial charge on any atom is -0.344 e. The van der Waals surface area contributed by atoms with Crippen LogP contribution < -0.4 is 6.15 Å². The molecule has 28 heavy (non-hydrogen) atoms. The molecule has 7 heteroatoms. The van der Waals surface area contributed by atoms with Crippen molar-refractivity contribution in [3.05, 3.63) is 0 Å². The first-order chi connectivity index (χ1) is 13.1. The molecule has 6 nitrogen and oxygen atoms in total. The minimum absolute atomic E-state index is 0. The lowest BCUT2D eigenvalue weighted by atomic mass is 10.0. The normalized spacial score (nSPS) is 11.5. The van der Waals surface area contributed by atoms with Crippen molar-refractivity contribution in [3.63, 3.8) is 0 Å². The van der Waals surface area contributed by atoms with Gasteiger partial charge in [0.1, 0.15) is 0 Å². The van der Waals surface area contributed by atoms with Crippen molar-refractivity contribution >= 4 is 10.4 Å². The van der Waals surface area contributed by atoms with E-state index in [4.69, 9.17) is 0 Å². The maximum atomic E-state index is 11.2. The van der Waals surface area contributed by atoms with Gasteiger partial charge in [-0.2, -0.15) is 8.42 Å². The Labute approximate surface area is 174 Å². The van der Waals surface area contributed by atoms with Crippen LogP contribution in [0.2, 0.25) is 0 Å². The van der Waals surface area contributed by atoms with Gasteiger partial charge in [-0.3, -0.25) is 0 Å². The van der Waals surface area contributed by atoms with Gasteiger partial charge in [0.25, 0.3) is 0 Å². The third-order valence-electron chi connectivity index (χ3n) is 4.72. The molecule has 0 bridgehead atoms. The molecule has 0 atom stereocenters. The second kappa shape index (κ2) is 23.1. The Morgan fingerprint density at radius 2 is 0.929 bits per heavy atom. The summed E-state index contributed by atoms with van der Waals surface area (Å²) in [6.07, 6.45) is 22.1. The van der Waals surface area contributed by atoms with Gasteiger partial charge in [-0.1, -0.05) is 114 Å². The van der Waals surface area contributed by atoms with Crippen molar-refractivity contribution in [1.29, 1.82) is 0 Å². The lowest BCUT2D eigenvalue weighted by molar-refractivity contribution is -0.205. The molecular formula is C21H47NO5S. The third-order valence-corrected chi connectivity index (χ3v) is 5.44. The Balaban J connectivity index is 0. The molecule has 0 saturated heterocycles. The molecular weight excluding hydrogens is 378 g/mol. The van der Waals surface area contributed by atoms with E-state index in [-0.39, 0.29) is 19.4 Å². The Hall–Kier alpha value is -0.210. The predicted molar refractivity (Wildman–Crippen MR) is 117 cm³/mol. The summed E-state index contributed by atoms with van der Waals surface area (Å²) in [7, 11) is -3.99. The predicted octanol–water partition coefficient (Wildman–Crippen LogP) is 7.03. The second-order valence-electron chi connectivity index (χ2n) is 7.36. The van der Waals surface area contributed by atoms with Crippen LogP contribution in [0, 0.1) is 0 Å². The highest BCUT2D eigenvalue weighted by atomic mass is 32.3. The van der Waals surface area contributed by atoms with Gasteiger partial charge in [0.05, 0.1) is 13.2 Å². The quantitative estimate of drug-likeness (QED) is 0.114. The van der Waals surface area contributed by atoms with Gasteiger partial charge in [0.15, 0.2) is 0 Å². The molecule has 0 unspecified atom stereocenters. The molecule has 0 rings (SSSR count). The van der Waals surface area contributed by atoms with Crippen molar-refractivity contribution in [2.45, 2.75) is 123 Å². The zero-order valence-electron chi connectivity index (χ0n) is 18.6. The Morgan fingerprint density at radius 1 is 0.571 bits per heavy atom. The Bertz CT molecular complexity index is 390. The third kappa shape index (κ3) is 23.8. The van der Waals surface area contributed by atoms with Crippen molar-refractivity contribution in [2.24, 2.45) is 0 Å². The van der Waals surface area contributed by atoms with Crippen LogP contribution in [0.5, 0.6) is 0 Å². The van der Waals surface area contributed by atoms with Gasteiger partial charge >= 0.3 is 10.4 Å². The van der Waals surface area contributed by atoms with Crippen molar-refractivity contribution in [3.8, 4) is 0 Å². The van der Waals surface area contributed by atoms with Crippen LogP contribution in [0.4, 0.5) is 0 Å². The maximum Gasteiger partial charge on any atom is 0.426 e. The average molecular weight is 426 g/mol. The SMILES string of the molecule is CCCCCCCCCCCCCCCCCCCOS(=O)(=O)OOCC.N. The summed E-state index contributed by atoms with van der Waals surface area (Å²) in [6, 6.07) is 0. The molecule has 172 valence electrons. The number of hydrogen-bond acceptors (Lipinski definition) is 6. The van der Waals surface area contributed by atoms with Gasteiger partial charge < -0.3 is 6.15 Å². The van der Waals surface area contributed by atoms with E-state index in [1.807, 2.05) is 0 Å². The lowest BCUT2D eigenvalue weighted by Crippen LogP contribution is -2.11. The summed E-state index contributed by atoms with van der Waals surface area (Å²) < 4.78 is 31.2. The van der Waals surface area contributed by atoms with Crippen LogP contribution in [-0.2, 0) is 23.8 Å². The highest BCUT2D eigenvalue weighted by Crippen LogP contribution is 2.14. The Morgan fingerprint density at radius 3 is 1.29 bits per heavy atom. The summed E-state index contributed by atoms with van der Waals surface area (Å²) in [5, 5.41) is 0. The monoisotopic (exact) mass is 425 g/mol. The van der Waals surface area contributed by atoms with E-state index in [0.29, 0.717) is 0 Å². The first kappa shape index (κ1) is 30.0. The van der Waals surface area contributed by atoms with E-state index in [9.17, 15) is 8.42 Å². The van der Waals surface area contributed by atoms with E-state index in [1.165, 1.54) is 89.9 Å². The van der Waals surface area contributed by atoms with E-state index < -0.39 is 10.4 Å². The molecule has 0 heterocycles. The van der Waals surface area contributed by atoms with E-state index in [0.717, 1.165) is 19.3 Å². The highest BCUT2D eigenvalue weighted by molar-refractivity contribution is 7.81. The van der Waals surface area contributed by atoms with Crippen LogP contribution in [0.3, 0.4) is 0 Å². The number of hydrogen-bond donors (Lipinski definition) is 1. The maximum absolute atomic E-state index is 11.2. The molecule has 0 fully saturated rings. The molecule has 0 amide bonds. The largest absolute Gasteiger partial charge is 0.426 e. The van der Waals surface area contributed by atoms with Crippen molar-refractivity contribution < 1.29 is 21.8 Å². The van der Waals surface area contributed by atoms with Gasteiger partial charge in [0.2, 0.25) is 0 Å². The standard InChI is InChI=1S/C21H44O5S.H3N/c1-3-5-6-7-8-9-10-11-12-13-14-15-16-17-18-19-20-21-25-27(22,23)26-24-4-2;/h3-21H2,1-2H3;1H3. The molecule has 0 aliphatic carbocycles. The average Bonchev–Trinajstić information content (AvgIpc) is 2.65. The molecule has 0 aliphatic rings. The zero-order valence-corrected chi connectivity index (χ0v) is 19.4. The number of rotatable bonds is 22.